The summed E-state index contributed by atoms with van der Waals surface area (Å²) in [4.78, 5) is 8.08. The van der Waals surface area contributed by atoms with E-state index < -0.39 is 0 Å². The summed E-state index contributed by atoms with van der Waals surface area (Å²) >= 11 is 5.92. The van der Waals surface area contributed by atoms with Crippen LogP contribution in [0.5, 0.6) is 0 Å². The quantitative estimate of drug-likeness (QED) is 0.855. The molecule has 0 saturated heterocycles. The number of nitrogens with zero attached hydrogens (tertiary/aromatic N) is 4. The van der Waals surface area contributed by atoms with Gasteiger partial charge in [-0.2, -0.15) is 19.6 Å². The summed E-state index contributed by atoms with van der Waals surface area (Å²) < 4.78 is 1.65. The van der Waals surface area contributed by atoms with Crippen molar-refractivity contribution in [1.29, 1.82) is 0 Å². The number of aromatic nitrogens is 4. The van der Waals surface area contributed by atoms with Crippen LogP contribution >= 0.6 is 11.6 Å². The molecule has 0 aliphatic rings. The van der Waals surface area contributed by atoms with Gasteiger partial charge in [0.05, 0.1) is 0 Å². The van der Waals surface area contributed by atoms with Gasteiger partial charge >= 0.3 is 0 Å². The maximum Gasteiger partial charge on any atom is 0.255 e. The summed E-state index contributed by atoms with van der Waals surface area (Å²) in [5.41, 5.74) is 0.297. The minimum atomic E-state index is 0.297. The Morgan fingerprint density at radius 2 is 2.18 bits per heavy atom. The lowest BCUT2D eigenvalue weighted by molar-refractivity contribution is 0.389. The second-order valence-electron chi connectivity index (χ2n) is 5.17. The summed E-state index contributed by atoms with van der Waals surface area (Å²) in [6.07, 6.45) is 2.52. The van der Waals surface area contributed by atoms with Crippen LogP contribution in [0.4, 0.5) is 5.82 Å². The van der Waals surface area contributed by atoms with E-state index in [9.17, 15) is 0 Å². The average Bonchev–Trinajstić information content (AvgIpc) is 2.63. The van der Waals surface area contributed by atoms with Crippen LogP contribution in [0.1, 0.15) is 27.2 Å². The van der Waals surface area contributed by atoms with Gasteiger partial charge in [0.2, 0.25) is 0 Å². The lowest BCUT2D eigenvalue weighted by Crippen LogP contribution is -2.14. The third-order valence-electron chi connectivity index (χ3n) is 2.40. The third-order valence-corrected chi connectivity index (χ3v) is 2.60. The molecule has 0 spiro atoms. The van der Waals surface area contributed by atoms with Crippen LogP contribution in [0.25, 0.3) is 5.78 Å². The topological polar surface area (TPSA) is 55.1 Å². The molecule has 0 unspecified atom stereocenters. The highest BCUT2D eigenvalue weighted by Crippen LogP contribution is 2.19. The van der Waals surface area contributed by atoms with Gasteiger partial charge in [-0.3, -0.25) is 0 Å². The fraction of sp³-hybridized carbons (Fsp3) is 0.545. The number of halogens is 1. The molecule has 0 bridgehead atoms. The molecular weight excluding hydrogens is 238 g/mol. The molecule has 0 saturated carbocycles. The maximum atomic E-state index is 5.92. The molecule has 0 fully saturated rings. The normalized spacial score (nSPS) is 12.0. The molecule has 0 radical (unpaired) electrons. The van der Waals surface area contributed by atoms with Crippen molar-refractivity contribution in [2.24, 2.45) is 5.41 Å². The van der Waals surface area contributed by atoms with Crippen LogP contribution in [0.15, 0.2) is 12.4 Å². The highest BCUT2D eigenvalue weighted by atomic mass is 35.5. The van der Waals surface area contributed by atoms with Crippen molar-refractivity contribution in [2.45, 2.75) is 27.2 Å². The molecule has 2 aromatic rings. The Balaban J connectivity index is 2.15. The molecule has 17 heavy (non-hydrogen) atoms. The van der Waals surface area contributed by atoms with E-state index in [2.05, 4.69) is 41.2 Å². The average molecular weight is 254 g/mol. The van der Waals surface area contributed by atoms with Crippen molar-refractivity contribution in [3.63, 3.8) is 0 Å². The fourth-order valence-electron chi connectivity index (χ4n) is 1.47. The van der Waals surface area contributed by atoms with Gasteiger partial charge in [0, 0.05) is 12.6 Å². The van der Waals surface area contributed by atoms with Crippen molar-refractivity contribution in [3.05, 3.63) is 17.5 Å². The smallest absolute Gasteiger partial charge is 0.255 e. The predicted molar refractivity (Wildman–Crippen MR) is 68.4 cm³/mol. The summed E-state index contributed by atoms with van der Waals surface area (Å²) in [6, 6.07) is 1.76. The summed E-state index contributed by atoms with van der Waals surface area (Å²) in [7, 11) is 0. The molecule has 2 aromatic heterocycles. The zero-order chi connectivity index (χ0) is 12.5. The fourth-order valence-corrected chi connectivity index (χ4v) is 1.65. The Morgan fingerprint density at radius 3 is 2.88 bits per heavy atom. The Labute approximate surface area is 105 Å². The van der Waals surface area contributed by atoms with E-state index in [1.807, 2.05) is 0 Å². The van der Waals surface area contributed by atoms with Crippen LogP contribution in [-0.2, 0) is 0 Å². The standard InChI is InChI=1S/C11H16ClN5/c1-11(2,3)4-5-13-9-6-8(12)16-10-14-7-15-17(9)10/h6-7,13H,4-5H2,1-3H3. The van der Waals surface area contributed by atoms with Gasteiger partial charge in [-0.15, -0.1) is 0 Å². The van der Waals surface area contributed by atoms with Crippen molar-refractivity contribution in [1.82, 2.24) is 19.6 Å². The third kappa shape index (κ3) is 3.06. The molecule has 0 amide bonds. The number of anilines is 1. The highest BCUT2D eigenvalue weighted by molar-refractivity contribution is 6.29. The van der Waals surface area contributed by atoms with Gasteiger partial charge in [0.25, 0.3) is 5.78 Å². The largest absolute Gasteiger partial charge is 0.370 e. The maximum absolute atomic E-state index is 5.92. The number of nitrogens with one attached hydrogen (secondary N) is 1. The van der Waals surface area contributed by atoms with Crippen LogP contribution in [-0.4, -0.2) is 26.1 Å². The Hall–Kier alpha value is -1.36. The Morgan fingerprint density at radius 1 is 1.41 bits per heavy atom. The predicted octanol–water partition coefficient (Wildman–Crippen LogP) is 2.63. The first-order valence-electron chi connectivity index (χ1n) is 5.56. The molecule has 2 heterocycles. The Bertz CT molecular complexity index is 514. The first kappa shape index (κ1) is 12.1. The van der Waals surface area contributed by atoms with E-state index in [4.69, 9.17) is 11.6 Å². The molecule has 0 aliphatic heterocycles. The second kappa shape index (κ2) is 4.49. The zero-order valence-electron chi connectivity index (χ0n) is 10.2. The highest BCUT2D eigenvalue weighted by Gasteiger charge is 2.11. The van der Waals surface area contributed by atoms with E-state index in [1.165, 1.54) is 6.33 Å². The summed E-state index contributed by atoms with van der Waals surface area (Å²) in [6.45, 7) is 7.48. The number of fused-ring (bicyclic) bond motifs is 1. The van der Waals surface area contributed by atoms with Gasteiger partial charge < -0.3 is 5.32 Å². The van der Waals surface area contributed by atoms with E-state index >= 15 is 0 Å². The summed E-state index contributed by atoms with van der Waals surface area (Å²) in [5, 5.41) is 7.82. The first-order chi connectivity index (χ1) is 7.96. The van der Waals surface area contributed by atoms with E-state index in [0.29, 0.717) is 16.3 Å². The molecule has 2 rings (SSSR count). The first-order valence-corrected chi connectivity index (χ1v) is 5.94. The molecule has 92 valence electrons. The van der Waals surface area contributed by atoms with Gasteiger partial charge in [-0.1, -0.05) is 32.4 Å². The lowest BCUT2D eigenvalue weighted by atomic mass is 9.92. The number of hydrogen-bond donors (Lipinski definition) is 1. The van der Waals surface area contributed by atoms with Gasteiger partial charge in [-0.25, -0.2) is 0 Å². The van der Waals surface area contributed by atoms with E-state index in [-0.39, 0.29) is 0 Å². The monoisotopic (exact) mass is 253 g/mol. The van der Waals surface area contributed by atoms with Crippen LogP contribution in [0, 0.1) is 5.41 Å². The Kier molecular flexibility index (Phi) is 3.19. The van der Waals surface area contributed by atoms with Crippen LogP contribution in [0.2, 0.25) is 5.15 Å². The van der Waals surface area contributed by atoms with Crippen molar-refractivity contribution >= 4 is 23.2 Å². The second-order valence-corrected chi connectivity index (χ2v) is 5.56. The van der Waals surface area contributed by atoms with Gasteiger partial charge in [0.1, 0.15) is 17.3 Å². The molecular formula is C11H16ClN5. The molecule has 1 N–H and O–H groups in total. The van der Waals surface area contributed by atoms with Crippen molar-refractivity contribution in [2.75, 3.05) is 11.9 Å². The minimum absolute atomic E-state index is 0.297. The SMILES string of the molecule is CC(C)(C)CCNc1cc(Cl)nc2ncnn12. The van der Waals surface area contributed by atoms with Crippen LogP contribution in [0.3, 0.4) is 0 Å². The lowest BCUT2D eigenvalue weighted by Gasteiger charge is -2.18. The molecule has 0 atom stereocenters. The molecule has 5 nitrogen and oxygen atoms in total. The van der Waals surface area contributed by atoms with Gasteiger partial charge in [-0.05, 0) is 11.8 Å². The van der Waals surface area contributed by atoms with E-state index in [0.717, 1.165) is 18.8 Å². The summed E-state index contributed by atoms with van der Waals surface area (Å²) in [5.74, 6) is 1.33. The number of rotatable bonds is 3. The molecule has 0 aromatic carbocycles. The minimum Gasteiger partial charge on any atom is -0.370 e. The van der Waals surface area contributed by atoms with Crippen molar-refractivity contribution < 1.29 is 0 Å². The van der Waals surface area contributed by atoms with Crippen LogP contribution < -0.4 is 5.32 Å². The van der Waals surface area contributed by atoms with Gasteiger partial charge in [0.15, 0.2) is 0 Å². The molecule has 0 aliphatic carbocycles. The number of hydrogen-bond acceptors (Lipinski definition) is 4. The van der Waals surface area contributed by atoms with E-state index in [1.54, 1.807) is 10.6 Å². The van der Waals surface area contributed by atoms with Crippen molar-refractivity contribution in [3.8, 4) is 0 Å². The molecule has 6 heteroatoms. The zero-order valence-corrected chi connectivity index (χ0v) is 11.0.